The minimum absolute atomic E-state index is 0.174. The van der Waals surface area contributed by atoms with Crippen molar-refractivity contribution in [2.45, 2.75) is 38.8 Å². The van der Waals surface area contributed by atoms with E-state index in [-0.39, 0.29) is 5.91 Å². The Morgan fingerprint density at radius 3 is 2.96 bits per heavy atom. The fourth-order valence-corrected chi connectivity index (χ4v) is 3.02. The van der Waals surface area contributed by atoms with Crippen LogP contribution in [0.3, 0.4) is 0 Å². The van der Waals surface area contributed by atoms with Crippen molar-refractivity contribution in [3.63, 3.8) is 0 Å². The van der Waals surface area contributed by atoms with Crippen LogP contribution < -0.4 is 15.5 Å². The van der Waals surface area contributed by atoms with Crippen molar-refractivity contribution in [1.82, 2.24) is 15.1 Å². The van der Waals surface area contributed by atoms with Gasteiger partial charge in [-0.05, 0) is 57.5 Å². The number of hydrogen-bond donors (Lipinski definition) is 2. The fraction of sp³-hybridized carbons (Fsp3) is 0.474. The second kappa shape index (κ2) is 7.70. The number of nitrogens with zero attached hydrogens (tertiary/aromatic N) is 3. The molecule has 0 bridgehead atoms. The molecule has 1 amide bonds. The molecule has 0 spiro atoms. The molecule has 0 radical (unpaired) electrons. The van der Waals surface area contributed by atoms with E-state index in [1.54, 1.807) is 6.07 Å². The van der Waals surface area contributed by atoms with Gasteiger partial charge in [-0.15, -0.1) is 0 Å². The third-order valence-electron chi connectivity index (χ3n) is 4.77. The van der Waals surface area contributed by atoms with E-state index in [9.17, 15) is 4.79 Å². The van der Waals surface area contributed by atoms with E-state index in [0.717, 1.165) is 37.3 Å². The maximum absolute atomic E-state index is 12.5. The molecule has 6 nitrogen and oxygen atoms in total. The van der Waals surface area contributed by atoms with Gasteiger partial charge in [-0.1, -0.05) is 6.07 Å². The number of nitrogens with one attached hydrogen (secondary N) is 2. The van der Waals surface area contributed by atoms with Gasteiger partial charge >= 0.3 is 0 Å². The Balaban J connectivity index is 1.68. The smallest absolute Gasteiger partial charge is 0.276 e. The van der Waals surface area contributed by atoms with E-state index in [4.69, 9.17) is 0 Å². The minimum Gasteiger partial charge on any atom is -0.372 e. The van der Waals surface area contributed by atoms with Crippen LogP contribution in [0.2, 0.25) is 0 Å². The summed E-state index contributed by atoms with van der Waals surface area (Å²) in [4.78, 5) is 14.7. The van der Waals surface area contributed by atoms with Crippen molar-refractivity contribution < 1.29 is 4.79 Å². The highest BCUT2D eigenvalue weighted by molar-refractivity contribution is 6.03. The van der Waals surface area contributed by atoms with Crippen LogP contribution in [0.1, 0.15) is 43.2 Å². The van der Waals surface area contributed by atoms with Gasteiger partial charge in [0.05, 0.1) is 6.04 Å². The molecule has 1 saturated heterocycles. The van der Waals surface area contributed by atoms with Gasteiger partial charge in [-0.3, -0.25) is 9.48 Å². The van der Waals surface area contributed by atoms with Gasteiger partial charge in [0.1, 0.15) is 0 Å². The predicted molar refractivity (Wildman–Crippen MR) is 101 cm³/mol. The first-order chi connectivity index (χ1) is 12.0. The van der Waals surface area contributed by atoms with Gasteiger partial charge in [0.2, 0.25) is 0 Å². The summed E-state index contributed by atoms with van der Waals surface area (Å²) in [5, 5.41) is 10.8. The summed E-state index contributed by atoms with van der Waals surface area (Å²) in [7, 11) is 2.05. The lowest BCUT2D eigenvalue weighted by molar-refractivity contribution is 0.102. The molecule has 25 heavy (non-hydrogen) atoms. The monoisotopic (exact) mass is 341 g/mol. The van der Waals surface area contributed by atoms with Crippen molar-refractivity contribution in [3.05, 3.63) is 42.2 Å². The number of aromatic nitrogens is 2. The Kier molecular flexibility index (Phi) is 5.38. The minimum atomic E-state index is -0.174. The normalized spacial score (nSPS) is 17.5. The summed E-state index contributed by atoms with van der Waals surface area (Å²) in [5.41, 5.74) is 2.31. The molecule has 1 aliphatic rings. The maximum atomic E-state index is 12.5. The van der Waals surface area contributed by atoms with Crippen LogP contribution in [0.5, 0.6) is 0 Å². The van der Waals surface area contributed by atoms with Gasteiger partial charge in [-0.25, -0.2) is 0 Å². The Labute approximate surface area is 149 Å². The van der Waals surface area contributed by atoms with Crippen LogP contribution in [0.15, 0.2) is 36.5 Å². The zero-order chi connectivity index (χ0) is 17.8. The van der Waals surface area contributed by atoms with E-state index >= 15 is 0 Å². The molecule has 1 fully saturated rings. The molecule has 2 aromatic rings. The van der Waals surface area contributed by atoms with E-state index in [2.05, 4.69) is 34.5 Å². The zero-order valence-electron chi connectivity index (χ0n) is 15.2. The number of carbonyl (C=O) groups is 1. The van der Waals surface area contributed by atoms with E-state index in [0.29, 0.717) is 17.8 Å². The first-order valence-electron chi connectivity index (χ1n) is 8.94. The number of hydrogen-bond acceptors (Lipinski definition) is 4. The molecule has 1 aromatic heterocycles. The van der Waals surface area contributed by atoms with Crippen molar-refractivity contribution in [1.29, 1.82) is 0 Å². The van der Waals surface area contributed by atoms with Gasteiger partial charge in [0.15, 0.2) is 5.69 Å². The lowest BCUT2D eigenvalue weighted by atomic mass is 10.1. The topological polar surface area (TPSA) is 62.2 Å². The standard InChI is InChI=1S/C19H27N5O/c1-14(2)23(3)16-7-4-6-15(12-16)21-19(25)18-9-11-24(22-18)17-8-5-10-20-13-17/h4,6-7,9,11-12,14,17,20H,5,8,10,13H2,1-3H3,(H,21,25). The molecule has 3 rings (SSSR count). The van der Waals surface area contributed by atoms with Crippen molar-refractivity contribution >= 4 is 17.3 Å². The molecule has 2 heterocycles. The zero-order valence-corrected chi connectivity index (χ0v) is 15.2. The highest BCUT2D eigenvalue weighted by Gasteiger charge is 2.18. The Morgan fingerprint density at radius 2 is 2.24 bits per heavy atom. The van der Waals surface area contributed by atoms with Gasteiger partial charge in [0.25, 0.3) is 5.91 Å². The molecular formula is C19H27N5O. The second-order valence-electron chi connectivity index (χ2n) is 6.89. The van der Waals surface area contributed by atoms with Crippen molar-refractivity contribution in [2.24, 2.45) is 0 Å². The van der Waals surface area contributed by atoms with Crippen LogP contribution in [0, 0.1) is 0 Å². The number of rotatable bonds is 5. The molecule has 2 N–H and O–H groups in total. The number of amides is 1. The lowest BCUT2D eigenvalue weighted by Gasteiger charge is -2.24. The summed E-state index contributed by atoms with van der Waals surface area (Å²) < 4.78 is 1.91. The molecule has 1 atom stereocenters. The van der Waals surface area contributed by atoms with Gasteiger partial charge in [0, 0.05) is 37.2 Å². The fourth-order valence-electron chi connectivity index (χ4n) is 3.02. The summed E-state index contributed by atoms with van der Waals surface area (Å²) in [5.74, 6) is -0.174. The van der Waals surface area contributed by atoms with Crippen molar-refractivity contribution in [3.8, 4) is 0 Å². The SMILES string of the molecule is CC(C)N(C)c1cccc(NC(=O)c2ccn(C3CCCNC3)n2)c1. The van der Waals surface area contributed by atoms with Crippen LogP contribution >= 0.6 is 0 Å². The largest absolute Gasteiger partial charge is 0.372 e. The van der Waals surface area contributed by atoms with Gasteiger partial charge in [-0.2, -0.15) is 5.10 Å². The number of anilines is 2. The van der Waals surface area contributed by atoms with E-state index in [1.807, 2.05) is 42.2 Å². The molecule has 6 heteroatoms. The molecule has 1 aromatic carbocycles. The average Bonchev–Trinajstić information content (AvgIpc) is 3.12. The molecule has 134 valence electrons. The van der Waals surface area contributed by atoms with Crippen molar-refractivity contribution in [2.75, 3.05) is 30.4 Å². The molecular weight excluding hydrogens is 314 g/mol. The van der Waals surface area contributed by atoms with E-state index in [1.165, 1.54) is 0 Å². The Morgan fingerprint density at radius 1 is 1.40 bits per heavy atom. The highest BCUT2D eigenvalue weighted by atomic mass is 16.1. The third-order valence-corrected chi connectivity index (χ3v) is 4.77. The summed E-state index contributed by atoms with van der Waals surface area (Å²) in [6.07, 6.45) is 4.14. The summed E-state index contributed by atoms with van der Waals surface area (Å²) in [6.45, 7) is 6.24. The number of piperidine rings is 1. The molecule has 1 aliphatic heterocycles. The van der Waals surface area contributed by atoms with Crippen LogP contribution in [0.25, 0.3) is 0 Å². The summed E-state index contributed by atoms with van der Waals surface area (Å²) in [6, 6.07) is 10.4. The second-order valence-corrected chi connectivity index (χ2v) is 6.89. The maximum Gasteiger partial charge on any atom is 0.276 e. The number of benzene rings is 1. The Bertz CT molecular complexity index is 718. The first kappa shape index (κ1) is 17.5. The van der Waals surface area contributed by atoms with Crippen LogP contribution in [0.4, 0.5) is 11.4 Å². The van der Waals surface area contributed by atoms with E-state index < -0.39 is 0 Å². The predicted octanol–water partition coefficient (Wildman–Crippen LogP) is 2.90. The van der Waals surface area contributed by atoms with Crippen LogP contribution in [-0.2, 0) is 0 Å². The molecule has 0 aliphatic carbocycles. The summed E-state index contributed by atoms with van der Waals surface area (Å²) >= 11 is 0. The Hall–Kier alpha value is -2.34. The quantitative estimate of drug-likeness (QED) is 0.878. The average molecular weight is 341 g/mol. The first-order valence-corrected chi connectivity index (χ1v) is 8.94. The van der Waals surface area contributed by atoms with Gasteiger partial charge < -0.3 is 15.5 Å². The highest BCUT2D eigenvalue weighted by Crippen LogP contribution is 2.21. The molecule has 1 unspecified atom stereocenters. The number of carbonyl (C=O) groups excluding carboxylic acids is 1. The van der Waals surface area contributed by atoms with Crippen LogP contribution in [-0.4, -0.2) is 41.9 Å². The lowest BCUT2D eigenvalue weighted by Crippen LogP contribution is -2.32. The third kappa shape index (κ3) is 4.20. The molecule has 0 saturated carbocycles.